The van der Waals surface area contributed by atoms with E-state index in [1.54, 1.807) is 48.8 Å². The summed E-state index contributed by atoms with van der Waals surface area (Å²) in [6.45, 7) is 4.23. The molecule has 31 heteroatoms. The van der Waals surface area contributed by atoms with Crippen LogP contribution in [0.3, 0.4) is 0 Å². The number of alkyl halides is 2. The number of thioether (sulfide) groups is 2. The van der Waals surface area contributed by atoms with E-state index in [4.69, 9.17) is 4.74 Å². The SMILES string of the molecule is Cc1ccc(CCCC(=O)NCCSC[C@H](NC(=O)CN2CCN(CC(=O)O)CCN(CC(=O)O)CCN(CC(=O)O)CC2)C(=O)NCCSC[C@@H](O)C(=O)N2CCN(CCCOc3ccc4nccc(C(=O)NCC(=O)N5CC(F)(F)C[C@@H]5C#N)c4c3)CC2)cc1. The number of carbonyl (C=O) groups is 9. The number of aliphatic hydroxyl groups is 1. The van der Waals surface area contributed by atoms with Gasteiger partial charge in [0.1, 0.15) is 23.9 Å². The van der Waals surface area contributed by atoms with Gasteiger partial charge in [-0.25, -0.2) is 8.78 Å². The molecule has 27 nitrogen and oxygen atoms in total. The molecule has 92 heavy (non-hydrogen) atoms. The highest BCUT2D eigenvalue weighted by Gasteiger charge is 2.47. The summed E-state index contributed by atoms with van der Waals surface area (Å²) in [6, 6.07) is 14.1. The Bertz CT molecular complexity index is 2990. The van der Waals surface area contributed by atoms with Gasteiger partial charge in [0.25, 0.3) is 17.7 Å². The van der Waals surface area contributed by atoms with Crippen LogP contribution in [0.4, 0.5) is 8.78 Å². The van der Waals surface area contributed by atoms with Crippen molar-refractivity contribution >= 4 is 87.8 Å². The monoisotopic (exact) mass is 1330 g/mol. The lowest BCUT2D eigenvalue weighted by molar-refractivity contribution is -0.141. The van der Waals surface area contributed by atoms with Crippen LogP contribution in [0.25, 0.3) is 10.9 Å². The lowest BCUT2D eigenvalue weighted by Crippen LogP contribution is -2.53. The van der Waals surface area contributed by atoms with Crippen molar-refractivity contribution < 1.29 is 77.1 Å². The molecule has 2 aromatic carbocycles. The maximum absolute atomic E-state index is 13.9. The molecule has 0 saturated carbocycles. The number of nitriles is 1. The average molecular weight is 1330 g/mol. The van der Waals surface area contributed by atoms with Crippen molar-refractivity contribution in [3.63, 3.8) is 0 Å². The van der Waals surface area contributed by atoms with E-state index in [2.05, 4.69) is 31.2 Å². The summed E-state index contributed by atoms with van der Waals surface area (Å²) in [5, 5.41) is 60.5. The number of carboxylic acid groups (broad SMARTS) is 3. The maximum atomic E-state index is 13.9. The van der Waals surface area contributed by atoms with Crippen LogP contribution < -0.4 is 26.0 Å². The zero-order valence-corrected chi connectivity index (χ0v) is 53.5. The van der Waals surface area contributed by atoms with E-state index in [0.29, 0.717) is 93.3 Å². The van der Waals surface area contributed by atoms with Crippen molar-refractivity contribution in [2.24, 2.45) is 0 Å². The van der Waals surface area contributed by atoms with Crippen LogP contribution in [-0.4, -0.2) is 304 Å². The molecule has 0 spiro atoms. The van der Waals surface area contributed by atoms with Crippen LogP contribution in [-0.2, 0) is 44.8 Å². The molecule has 0 radical (unpaired) electrons. The van der Waals surface area contributed by atoms with E-state index in [1.165, 1.54) is 35.8 Å². The number of aryl methyl sites for hydroxylation is 2. The van der Waals surface area contributed by atoms with Crippen LogP contribution in [0.15, 0.2) is 54.7 Å². The van der Waals surface area contributed by atoms with Crippen LogP contribution in [0.1, 0.15) is 47.2 Å². The lowest BCUT2D eigenvalue weighted by Gasteiger charge is -2.35. The van der Waals surface area contributed by atoms with Gasteiger partial charge in [0.2, 0.25) is 23.6 Å². The van der Waals surface area contributed by atoms with Gasteiger partial charge >= 0.3 is 17.9 Å². The Morgan fingerprint density at radius 2 is 1.29 bits per heavy atom. The predicted molar refractivity (Wildman–Crippen MR) is 339 cm³/mol. The Morgan fingerprint density at radius 1 is 0.717 bits per heavy atom. The first kappa shape index (κ1) is 73.7. The number of pyridine rings is 1. The molecular weight excluding hydrogens is 1240 g/mol. The topological polar surface area (TPSA) is 351 Å². The summed E-state index contributed by atoms with van der Waals surface area (Å²) in [7, 11) is 0. The fraction of sp³-hybridized carbons (Fsp3) is 0.590. The summed E-state index contributed by atoms with van der Waals surface area (Å²) in [4.78, 5) is 130. The van der Waals surface area contributed by atoms with Crippen molar-refractivity contribution in [3.05, 3.63) is 71.4 Å². The van der Waals surface area contributed by atoms with Crippen LogP contribution in [0, 0.1) is 18.3 Å². The number of likely N-dealkylation sites (tertiary alicyclic amines) is 1. The first-order valence-electron chi connectivity index (χ1n) is 30.7. The van der Waals surface area contributed by atoms with Crippen LogP contribution >= 0.6 is 23.5 Å². The molecule has 3 aromatic rings. The van der Waals surface area contributed by atoms with E-state index >= 15 is 0 Å². The number of hydrogen-bond donors (Lipinski definition) is 8. The van der Waals surface area contributed by atoms with E-state index in [1.807, 2.05) is 31.2 Å². The van der Waals surface area contributed by atoms with E-state index < -0.39 is 91.1 Å². The minimum atomic E-state index is -3.19. The summed E-state index contributed by atoms with van der Waals surface area (Å²) >= 11 is 2.62. The minimum Gasteiger partial charge on any atom is -0.494 e. The van der Waals surface area contributed by atoms with Crippen molar-refractivity contribution in [2.75, 3.05) is 167 Å². The summed E-state index contributed by atoms with van der Waals surface area (Å²) in [6.07, 6.45) is 1.76. The second-order valence-electron chi connectivity index (χ2n) is 22.9. The third-order valence-corrected chi connectivity index (χ3v) is 17.7. The highest BCUT2D eigenvalue weighted by molar-refractivity contribution is 7.99. The Balaban J connectivity index is 0.934. The average Bonchev–Trinajstić information content (AvgIpc) is 1.28. The number of hydrogen-bond acceptors (Lipinski definition) is 20. The summed E-state index contributed by atoms with van der Waals surface area (Å²) in [5.41, 5.74) is 2.97. The molecule has 3 aliphatic heterocycles. The van der Waals surface area contributed by atoms with Gasteiger partial charge in [0.15, 0.2) is 0 Å². The number of rotatable bonds is 33. The van der Waals surface area contributed by atoms with Gasteiger partial charge in [-0.1, -0.05) is 29.8 Å². The molecule has 0 bridgehead atoms. The number of carboxylic acids is 3. The van der Waals surface area contributed by atoms with Crippen LogP contribution in [0.2, 0.25) is 0 Å². The second kappa shape index (κ2) is 38.0. The molecule has 1 aromatic heterocycles. The van der Waals surface area contributed by atoms with Gasteiger partial charge < -0.3 is 56.2 Å². The highest BCUT2D eigenvalue weighted by Crippen LogP contribution is 2.32. The largest absolute Gasteiger partial charge is 0.494 e. The van der Waals surface area contributed by atoms with E-state index in [0.717, 1.165) is 22.4 Å². The van der Waals surface area contributed by atoms with Gasteiger partial charge in [-0.15, -0.1) is 0 Å². The van der Waals surface area contributed by atoms with Gasteiger partial charge in [-0.3, -0.25) is 72.6 Å². The quantitative estimate of drug-likeness (QED) is 0.0372. The number of piperazine rings is 1. The van der Waals surface area contributed by atoms with Crippen molar-refractivity contribution in [2.45, 2.75) is 63.1 Å². The number of aliphatic hydroxyl groups excluding tert-OH is 1. The summed E-state index contributed by atoms with van der Waals surface area (Å²) in [5.74, 6) is -7.98. The van der Waals surface area contributed by atoms with Gasteiger partial charge in [-0.05, 0) is 56.0 Å². The number of nitrogens with zero attached hydrogens (tertiary/aromatic N) is 9. The molecule has 0 unspecified atom stereocenters. The Hall–Kier alpha value is -7.31. The van der Waals surface area contributed by atoms with E-state index in [-0.39, 0.29) is 108 Å². The number of aromatic nitrogens is 1. The summed E-state index contributed by atoms with van der Waals surface area (Å²) < 4.78 is 33.8. The molecular formula is C61H85F2N13O14S2. The molecule has 8 N–H and O–H groups in total. The van der Waals surface area contributed by atoms with Gasteiger partial charge in [-0.2, -0.15) is 28.8 Å². The van der Waals surface area contributed by atoms with Crippen LogP contribution in [0.5, 0.6) is 5.75 Å². The normalized spacial score (nSPS) is 17.9. The lowest BCUT2D eigenvalue weighted by atomic mass is 10.1. The zero-order valence-electron chi connectivity index (χ0n) is 51.8. The number of aliphatic carboxylic acids is 3. The first-order chi connectivity index (χ1) is 44.0. The first-order valence-corrected chi connectivity index (χ1v) is 33.0. The molecule has 504 valence electrons. The highest BCUT2D eigenvalue weighted by atomic mass is 32.2. The van der Waals surface area contributed by atoms with Gasteiger partial charge in [0, 0.05) is 146 Å². The van der Waals surface area contributed by atoms with Gasteiger partial charge in [0.05, 0.1) is 63.0 Å². The maximum Gasteiger partial charge on any atom is 0.317 e. The molecule has 0 aliphatic carbocycles. The molecule has 3 fully saturated rings. The standard InChI is InChI=1S/C61H85F2N13O14S2/c1-43-6-8-44(9-7-43)4-2-5-52(78)66-14-30-91-40-50(69-53(79)36-71-17-19-72(37-55(81)82)21-23-74(39-57(85)86)24-22-73(20-18-71)38-56(83)84)59(88)67-15-31-92-41-51(77)60(89)75-27-25-70(26-28-75)16-3-29-90-46-10-11-49-48(32-46)47(12-13-65-49)58(87)68-35-54(80)76-42-61(62,63)33-45(76)34-64/h6-13,32,45,50-51,77H,2-5,14-31,33,35-42H2,1H3,(H,66,78)(H,67,88)(H,68,87)(H,69,79)(H,81,82)(H,83,84)(H,85,86)/t45-,50+,51-/m1/s1. The number of ether oxygens (including phenoxy) is 1. The minimum absolute atomic E-state index is 0.0625. The van der Waals surface area contributed by atoms with Crippen molar-refractivity contribution in [3.8, 4) is 11.8 Å². The number of nitrogens with one attached hydrogen (secondary N) is 4. The third-order valence-electron chi connectivity index (χ3n) is 15.6. The number of halogens is 2. The molecule has 6 amide bonds. The number of carbonyl (C=O) groups excluding carboxylic acids is 6. The fourth-order valence-corrected chi connectivity index (χ4v) is 12.3. The number of amides is 6. The zero-order chi connectivity index (χ0) is 66.6. The molecule has 6 rings (SSSR count). The second-order valence-corrected chi connectivity index (χ2v) is 25.2. The Kier molecular flexibility index (Phi) is 30.5. The van der Waals surface area contributed by atoms with E-state index in [9.17, 15) is 77.6 Å². The smallest absolute Gasteiger partial charge is 0.317 e. The Labute approximate surface area is 541 Å². The fourth-order valence-electron chi connectivity index (χ4n) is 10.6. The number of benzene rings is 2. The number of fused-ring (bicyclic) bond motifs is 1. The molecule has 3 atom stereocenters. The third kappa shape index (κ3) is 26.0. The Morgan fingerprint density at radius 3 is 1.89 bits per heavy atom. The molecule has 3 saturated heterocycles. The predicted octanol–water partition coefficient (Wildman–Crippen LogP) is -0.0113. The van der Waals surface area contributed by atoms with Crippen molar-refractivity contribution in [1.82, 2.24) is 60.6 Å². The van der Waals surface area contributed by atoms with Crippen molar-refractivity contribution in [1.29, 1.82) is 5.26 Å². The molecule has 4 heterocycles. The molecule has 3 aliphatic rings.